The summed E-state index contributed by atoms with van der Waals surface area (Å²) in [6.07, 6.45) is 0. The highest BCUT2D eigenvalue weighted by Gasteiger charge is 2.23. The summed E-state index contributed by atoms with van der Waals surface area (Å²) in [5.74, 6) is 0.0750. The summed E-state index contributed by atoms with van der Waals surface area (Å²) in [6, 6.07) is 18.0. The van der Waals surface area contributed by atoms with E-state index in [1.54, 1.807) is 12.1 Å². The van der Waals surface area contributed by atoms with Gasteiger partial charge in [0.2, 0.25) is 10.0 Å². The molecule has 182 valence electrons. The molecule has 0 radical (unpaired) electrons. The molecule has 0 saturated carbocycles. The number of piperazine rings is 1. The number of sulfonamides is 1. The van der Waals surface area contributed by atoms with Crippen LogP contribution in [0.15, 0.2) is 59.5 Å². The van der Waals surface area contributed by atoms with Crippen LogP contribution in [0.5, 0.6) is 0 Å². The van der Waals surface area contributed by atoms with E-state index in [4.69, 9.17) is 10.4 Å². The highest BCUT2D eigenvalue weighted by atomic mass is 32.2. The predicted molar refractivity (Wildman–Crippen MR) is 134 cm³/mol. The van der Waals surface area contributed by atoms with Gasteiger partial charge < -0.3 is 4.57 Å². The number of hydrogen-bond acceptors (Lipinski definition) is 6. The van der Waals surface area contributed by atoms with Crippen LogP contribution in [0.2, 0.25) is 0 Å². The molecule has 1 aliphatic heterocycles. The average molecular weight is 492 g/mol. The molecule has 0 bridgehead atoms. The van der Waals surface area contributed by atoms with Crippen molar-refractivity contribution in [3.8, 4) is 11.8 Å². The fourth-order valence-corrected chi connectivity index (χ4v) is 5.08. The lowest BCUT2D eigenvalue weighted by Gasteiger charge is -2.34. The summed E-state index contributed by atoms with van der Waals surface area (Å²) in [5, 5.41) is 14.1. The van der Waals surface area contributed by atoms with Gasteiger partial charge >= 0.3 is 0 Å². The number of carbonyl (C=O) groups excluding carboxylic acids is 1. The van der Waals surface area contributed by atoms with E-state index in [-0.39, 0.29) is 10.7 Å². The molecule has 0 atom stereocenters. The lowest BCUT2D eigenvalue weighted by molar-refractivity contribution is 0.0843. The molecule has 0 unspecified atom stereocenters. The number of carbonyl (C=O) groups is 1. The molecule has 1 fully saturated rings. The second kappa shape index (κ2) is 10.1. The number of Topliss-reactive ketones (excluding diaryl/α,β-unsaturated/α-hetero) is 1. The Balaban J connectivity index is 1.38. The Kier molecular flexibility index (Phi) is 7.19. The summed E-state index contributed by atoms with van der Waals surface area (Å²) in [6.45, 7) is 8.41. The SMILES string of the molecule is Cc1cc(C(=O)CN2CCN(Cc3ccc(C#N)cc3)CC2)c(C)n1-c1ccc(S(N)(=O)=O)cc1. The Bertz CT molecular complexity index is 1360. The van der Waals surface area contributed by atoms with Crippen LogP contribution >= 0.6 is 0 Å². The van der Waals surface area contributed by atoms with E-state index in [0.29, 0.717) is 17.7 Å². The van der Waals surface area contributed by atoms with E-state index in [0.717, 1.165) is 49.8 Å². The molecule has 1 saturated heterocycles. The van der Waals surface area contributed by atoms with E-state index >= 15 is 0 Å². The van der Waals surface area contributed by atoms with Crippen LogP contribution in [0.1, 0.15) is 32.9 Å². The van der Waals surface area contributed by atoms with Crippen molar-refractivity contribution >= 4 is 15.8 Å². The van der Waals surface area contributed by atoms with Crippen molar-refractivity contribution < 1.29 is 13.2 Å². The number of rotatable bonds is 7. The van der Waals surface area contributed by atoms with Gasteiger partial charge in [-0.1, -0.05) is 12.1 Å². The summed E-state index contributed by atoms with van der Waals surface area (Å²) in [4.78, 5) is 17.8. The molecule has 2 N–H and O–H groups in total. The van der Waals surface area contributed by atoms with Crippen molar-refractivity contribution in [2.45, 2.75) is 25.3 Å². The zero-order valence-electron chi connectivity index (χ0n) is 19.9. The first-order chi connectivity index (χ1) is 16.7. The highest BCUT2D eigenvalue weighted by molar-refractivity contribution is 7.89. The van der Waals surface area contributed by atoms with E-state index in [2.05, 4.69) is 15.9 Å². The quantitative estimate of drug-likeness (QED) is 0.509. The number of nitrogens with zero attached hydrogens (tertiary/aromatic N) is 4. The first-order valence-electron chi connectivity index (χ1n) is 11.4. The van der Waals surface area contributed by atoms with Crippen molar-refractivity contribution in [3.63, 3.8) is 0 Å². The maximum Gasteiger partial charge on any atom is 0.238 e. The third-order valence-electron chi connectivity index (χ3n) is 6.48. The molecule has 0 spiro atoms. The standard InChI is InChI=1S/C26H29N5O3S/c1-19-15-25(20(2)31(19)23-7-9-24(10-8-23)35(28,33)34)26(32)18-30-13-11-29(12-14-30)17-22-5-3-21(16-27)4-6-22/h3-10,15H,11-14,17-18H2,1-2H3,(H2,28,33,34). The Labute approximate surface area is 206 Å². The maximum atomic E-state index is 13.2. The molecule has 3 aromatic rings. The number of nitriles is 1. The van der Waals surface area contributed by atoms with E-state index in [9.17, 15) is 13.2 Å². The molecule has 4 rings (SSSR count). The molecular weight excluding hydrogens is 462 g/mol. The second-order valence-corrected chi connectivity index (χ2v) is 10.5. The Morgan fingerprint density at radius 3 is 2.14 bits per heavy atom. The van der Waals surface area contributed by atoms with Crippen LogP contribution in [-0.4, -0.2) is 61.3 Å². The van der Waals surface area contributed by atoms with E-state index < -0.39 is 10.0 Å². The molecule has 0 aliphatic carbocycles. The third-order valence-corrected chi connectivity index (χ3v) is 7.41. The molecule has 0 amide bonds. The van der Waals surface area contributed by atoms with E-state index in [1.807, 2.05) is 48.7 Å². The molecule has 2 aromatic carbocycles. The van der Waals surface area contributed by atoms with Gasteiger partial charge in [0.25, 0.3) is 0 Å². The van der Waals surface area contributed by atoms with Crippen LogP contribution in [-0.2, 0) is 16.6 Å². The van der Waals surface area contributed by atoms with Gasteiger partial charge in [-0.2, -0.15) is 5.26 Å². The molecule has 35 heavy (non-hydrogen) atoms. The third kappa shape index (κ3) is 5.69. The zero-order valence-corrected chi connectivity index (χ0v) is 20.8. The van der Waals surface area contributed by atoms with Gasteiger partial charge in [-0.15, -0.1) is 0 Å². The normalized spacial score (nSPS) is 15.1. The molecule has 9 heteroatoms. The fraction of sp³-hybridized carbons (Fsp3) is 0.308. The number of aromatic nitrogens is 1. The Morgan fingerprint density at radius 1 is 0.971 bits per heavy atom. The first-order valence-corrected chi connectivity index (χ1v) is 13.0. The zero-order chi connectivity index (χ0) is 25.2. The molecule has 2 heterocycles. The minimum atomic E-state index is -3.76. The minimum absolute atomic E-state index is 0.0540. The van der Waals surface area contributed by atoms with Crippen molar-refractivity contribution in [1.29, 1.82) is 5.26 Å². The van der Waals surface area contributed by atoms with Gasteiger partial charge in [0.1, 0.15) is 0 Å². The molecule has 1 aromatic heterocycles. The van der Waals surface area contributed by atoms with Crippen LogP contribution in [0.3, 0.4) is 0 Å². The van der Waals surface area contributed by atoms with Crippen LogP contribution in [0, 0.1) is 25.2 Å². The van der Waals surface area contributed by atoms with Crippen LogP contribution in [0.4, 0.5) is 0 Å². The van der Waals surface area contributed by atoms with Crippen molar-refractivity contribution in [2.75, 3.05) is 32.7 Å². The summed E-state index contributed by atoms with van der Waals surface area (Å²) in [5.41, 5.74) is 5.03. The second-order valence-electron chi connectivity index (χ2n) is 8.94. The number of primary sulfonamides is 1. The number of ketones is 1. The van der Waals surface area contributed by atoms with E-state index in [1.165, 1.54) is 17.7 Å². The molecule has 1 aliphatic rings. The lowest BCUT2D eigenvalue weighted by atomic mass is 10.1. The fourth-order valence-electron chi connectivity index (χ4n) is 4.56. The smallest absolute Gasteiger partial charge is 0.238 e. The highest BCUT2D eigenvalue weighted by Crippen LogP contribution is 2.23. The van der Waals surface area contributed by atoms with Gasteiger partial charge in [-0.05, 0) is 61.9 Å². The topological polar surface area (TPSA) is 112 Å². The van der Waals surface area contributed by atoms with Crippen molar-refractivity contribution in [2.24, 2.45) is 5.14 Å². The first kappa shape index (κ1) is 24.8. The number of nitrogens with two attached hydrogens (primary N) is 1. The monoisotopic (exact) mass is 491 g/mol. The Hall–Kier alpha value is -3.29. The van der Waals surface area contributed by atoms with Gasteiger partial charge in [-0.25, -0.2) is 13.6 Å². The van der Waals surface area contributed by atoms with Crippen LogP contribution in [0.25, 0.3) is 5.69 Å². The van der Waals surface area contributed by atoms with Gasteiger partial charge in [-0.3, -0.25) is 14.6 Å². The van der Waals surface area contributed by atoms with Gasteiger partial charge in [0.15, 0.2) is 5.78 Å². The van der Waals surface area contributed by atoms with Gasteiger partial charge in [0.05, 0.1) is 23.1 Å². The predicted octanol–water partition coefficient (Wildman–Crippen LogP) is 2.61. The minimum Gasteiger partial charge on any atom is -0.318 e. The van der Waals surface area contributed by atoms with Crippen molar-refractivity contribution in [1.82, 2.24) is 14.4 Å². The van der Waals surface area contributed by atoms with Gasteiger partial charge in [0, 0.05) is 55.4 Å². The van der Waals surface area contributed by atoms with Crippen LogP contribution < -0.4 is 5.14 Å². The lowest BCUT2D eigenvalue weighted by Crippen LogP contribution is -2.47. The summed E-state index contributed by atoms with van der Waals surface area (Å²) >= 11 is 0. The summed E-state index contributed by atoms with van der Waals surface area (Å²) in [7, 11) is -3.76. The Morgan fingerprint density at radius 2 is 1.57 bits per heavy atom. The number of hydrogen-bond donors (Lipinski definition) is 1. The summed E-state index contributed by atoms with van der Waals surface area (Å²) < 4.78 is 25.0. The number of aryl methyl sites for hydroxylation is 1. The van der Waals surface area contributed by atoms with Crippen molar-refractivity contribution in [3.05, 3.63) is 82.7 Å². The maximum absolute atomic E-state index is 13.2. The largest absolute Gasteiger partial charge is 0.318 e. The molecular formula is C26H29N5O3S. The average Bonchev–Trinajstić information content (AvgIpc) is 3.14. The molecule has 8 nitrogen and oxygen atoms in total. The number of benzene rings is 2.